The van der Waals surface area contributed by atoms with Gasteiger partial charge in [0.1, 0.15) is 5.82 Å². The van der Waals surface area contributed by atoms with E-state index in [1.165, 1.54) is 18.4 Å². The number of methoxy groups -OCH3 is 1. The minimum atomic E-state index is 0.682. The Bertz CT molecular complexity index is 528. The molecule has 0 N–H and O–H groups in total. The van der Waals surface area contributed by atoms with Crippen LogP contribution in [-0.2, 0) is 17.7 Å². The van der Waals surface area contributed by atoms with Gasteiger partial charge in [0.2, 0.25) is 0 Å². The predicted molar refractivity (Wildman–Crippen MR) is 86.8 cm³/mol. The van der Waals surface area contributed by atoms with E-state index in [-0.39, 0.29) is 0 Å². The van der Waals surface area contributed by atoms with Gasteiger partial charge in [0.25, 0.3) is 0 Å². The van der Waals surface area contributed by atoms with Gasteiger partial charge in [-0.2, -0.15) is 0 Å². The summed E-state index contributed by atoms with van der Waals surface area (Å²) >= 11 is 1.79. The van der Waals surface area contributed by atoms with Crippen molar-refractivity contribution in [2.24, 2.45) is 0 Å². The Morgan fingerprint density at radius 3 is 2.71 bits per heavy atom. The van der Waals surface area contributed by atoms with Crippen molar-refractivity contribution in [3.8, 4) is 0 Å². The van der Waals surface area contributed by atoms with Gasteiger partial charge in [-0.25, -0.2) is 0 Å². The Labute approximate surface area is 130 Å². The minimum Gasteiger partial charge on any atom is -0.383 e. The Kier molecular flexibility index (Phi) is 6.76. The van der Waals surface area contributed by atoms with Crippen LogP contribution in [0.15, 0.2) is 35.5 Å². The van der Waals surface area contributed by atoms with Crippen LogP contribution in [0.1, 0.15) is 31.2 Å². The normalized spacial score (nSPS) is 11.0. The molecule has 1 aromatic heterocycles. The predicted octanol–water partition coefficient (Wildman–Crippen LogP) is 3.41. The number of nitrogens with zero attached hydrogens (tertiary/aromatic N) is 3. The number of rotatable bonds is 9. The van der Waals surface area contributed by atoms with Gasteiger partial charge in [-0.3, -0.25) is 0 Å². The van der Waals surface area contributed by atoms with Gasteiger partial charge >= 0.3 is 0 Å². The van der Waals surface area contributed by atoms with Gasteiger partial charge < -0.3 is 9.30 Å². The number of hydrogen-bond acceptors (Lipinski definition) is 4. The van der Waals surface area contributed by atoms with Crippen LogP contribution in [0.3, 0.4) is 0 Å². The maximum absolute atomic E-state index is 5.22. The van der Waals surface area contributed by atoms with Crippen molar-refractivity contribution in [3.63, 3.8) is 0 Å². The van der Waals surface area contributed by atoms with Crippen LogP contribution < -0.4 is 0 Å². The molecule has 2 rings (SSSR count). The van der Waals surface area contributed by atoms with E-state index < -0.39 is 0 Å². The molecule has 2 aromatic rings. The monoisotopic (exact) mass is 305 g/mol. The second kappa shape index (κ2) is 8.85. The molecule has 21 heavy (non-hydrogen) atoms. The average Bonchev–Trinajstić information content (AvgIpc) is 2.88. The number of aromatic nitrogens is 3. The molecule has 0 unspecified atom stereocenters. The molecule has 0 aliphatic rings. The van der Waals surface area contributed by atoms with Crippen molar-refractivity contribution in [2.75, 3.05) is 19.5 Å². The number of unbranched alkanes of at least 4 members (excludes halogenated alkanes) is 1. The highest BCUT2D eigenvalue weighted by Gasteiger charge is 2.12. The zero-order chi connectivity index (χ0) is 14.9. The van der Waals surface area contributed by atoms with Crippen LogP contribution in [0.4, 0.5) is 0 Å². The zero-order valence-electron chi connectivity index (χ0n) is 12.8. The number of benzene rings is 1. The third-order valence-corrected chi connectivity index (χ3v) is 4.30. The average molecular weight is 305 g/mol. The first-order valence-electron chi connectivity index (χ1n) is 7.43. The summed E-state index contributed by atoms with van der Waals surface area (Å²) in [6.07, 6.45) is 3.22. The Morgan fingerprint density at radius 2 is 2.00 bits per heavy atom. The summed E-state index contributed by atoms with van der Waals surface area (Å²) in [6, 6.07) is 10.4. The summed E-state index contributed by atoms with van der Waals surface area (Å²) in [6.45, 7) is 3.69. The fourth-order valence-electron chi connectivity index (χ4n) is 2.05. The second-order valence-electron chi connectivity index (χ2n) is 4.91. The molecule has 0 atom stereocenters. The highest BCUT2D eigenvalue weighted by atomic mass is 32.2. The second-order valence-corrected chi connectivity index (χ2v) is 5.97. The molecule has 1 aromatic carbocycles. The molecule has 0 bridgehead atoms. The molecule has 114 valence electrons. The quantitative estimate of drug-likeness (QED) is 0.526. The van der Waals surface area contributed by atoms with Crippen LogP contribution in [0.25, 0.3) is 0 Å². The number of hydrogen-bond donors (Lipinski definition) is 0. The van der Waals surface area contributed by atoms with E-state index in [4.69, 9.17) is 4.74 Å². The third kappa shape index (κ3) is 4.86. The Morgan fingerprint density at radius 1 is 1.19 bits per heavy atom. The van der Waals surface area contributed by atoms with Crippen LogP contribution in [0.2, 0.25) is 0 Å². The minimum absolute atomic E-state index is 0.682. The number of thioether (sulfide) groups is 1. The summed E-state index contributed by atoms with van der Waals surface area (Å²) < 4.78 is 7.41. The lowest BCUT2D eigenvalue weighted by molar-refractivity contribution is 0.184. The van der Waals surface area contributed by atoms with E-state index >= 15 is 0 Å². The van der Waals surface area contributed by atoms with Crippen LogP contribution in [0, 0.1) is 0 Å². The summed E-state index contributed by atoms with van der Waals surface area (Å²) in [4.78, 5) is 0. The maximum atomic E-state index is 5.22. The lowest BCUT2D eigenvalue weighted by Crippen LogP contribution is -2.10. The maximum Gasteiger partial charge on any atom is 0.191 e. The molecule has 0 aliphatic heterocycles. The first-order valence-corrected chi connectivity index (χ1v) is 8.41. The van der Waals surface area contributed by atoms with E-state index in [2.05, 4.69) is 46.0 Å². The SMILES string of the molecule is CCCCSc1nnc(Cc2ccccc2)n1CCOC. The first kappa shape index (κ1) is 16.0. The molecular formula is C16H23N3OS. The van der Waals surface area contributed by atoms with Crippen molar-refractivity contribution >= 4 is 11.8 Å². The van der Waals surface area contributed by atoms with E-state index in [0.717, 1.165) is 29.7 Å². The highest BCUT2D eigenvalue weighted by Crippen LogP contribution is 2.20. The van der Waals surface area contributed by atoms with Gasteiger partial charge in [0.05, 0.1) is 6.61 Å². The highest BCUT2D eigenvalue weighted by molar-refractivity contribution is 7.99. The molecule has 0 aliphatic carbocycles. The fourth-order valence-corrected chi connectivity index (χ4v) is 3.12. The molecule has 1 heterocycles. The molecular weight excluding hydrogens is 282 g/mol. The Hall–Kier alpha value is -1.33. The van der Waals surface area contributed by atoms with E-state index in [1.54, 1.807) is 18.9 Å². The lowest BCUT2D eigenvalue weighted by atomic mass is 10.1. The molecule has 0 saturated heterocycles. The molecule has 4 nitrogen and oxygen atoms in total. The van der Waals surface area contributed by atoms with Crippen molar-refractivity contribution in [3.05, 3.63) is 41.7 Å². The molecule has 0 radical (unpaired) electrons. The summed E-state index contributed by atoms with van der Waals surface area (Å²) in [5.41, 5.74) is 1.26. The van der Waals surface area contributed by atoms with Crippen molar-refractivity contribution in [1.82, 2.24) is 14.8 Å². The fraction of sp³-hybridized carbons (Fsp3) is 0.500. The topological polar surface area (TPSA) is 39.9 Å². The molecule has 0 amide bonds. The van der Waals surface area contributed by atoms with Gasteiger partial charge in [-0.1, -0.05) is 55.4 Å². The van der Waals surface area contributed by atoms with Crippen molar-refractivity contribution in [2.45, 2.75) is 37.9 Å². The van der Waals surface area contributed by atoms with Crippen molar-refractivity contribution < 1.29 is 4.74 Å². The van der Waals surface area contributed by atoms with Crippen LogP contribution in [0.5, 0.6) is 0 Å². The third-order valence-electron chi connectivity index (χ3n) is 3.25. The van der Waals surface area contributed by atoms with Crippen LogP contribution >= 0.6 is 11.8 Å². The molecule has 0 saturated carbocycles. The van der Waals surface area contributed by atoms with Crippen molar-refractivity contribution in [1.29, 1.82) is 0 Å². The van der Waals surface area contributed by atoms with Gasteiger partial charge in [0, 0.05) is 25.8 Å². The standard InChI is InChI=1S/C16H23N3OS/c1-3-4-12-21-16-18-17-15(19(16)10-11-20-2)13-14-8-6-5-7-9-14/h5-9H,3-4,10-13H2,1-2H3. The van der Waals surface area contributed by atoms with E-state index in [0.29, 0.717) is 6.61 Å². The summed E-state index contributed by atoms with van der Waals surface area (Å²) in [7, 11) is 1.73. The lowest BCUT2D eigenvalue weighted by Gasteiger charge is -2.09. The molecule has 5 heteroatoms. The smallest absolute Gasteiger partial charge is 0.191 e. The largest absolute Gasteiger partial charge is 0.383 e. The van der Waals surface area contributed by atoms with Gasteiger partial charge in [0.15, 0.2) is 5.16 Å². The van der Waals surface area contributed by atoms with Gasteiger partial charge in [-0.05, 0) is 12.0 Å². The molecule has 0 fully saturated rings. The summed E-state index contributed by atoms with van der Waals surface area (Å²) in [5.74, 6) is 2.10. The van der Waals surface area contributed by atoms with E-state index in [1.807, 2.05) is 6.07 Å². The van der Waals surface area contributed by atoms with E-state index in [9.17, 15) is 0 Å². The first-order chi connectivity index (χ1) is 10.3. The van der Waals surface area contributed by atoms with Crippen LogP contribution in [-0.4, -0.2) is 34.2 Å². The van der Waals surface area contributed by atoms with Gasteiger partial charge in [-0.15, -0.1) is 10.2 Å². The number of ether oxygens (including phenoxy) is 1. The summed E-state index contributed by atoms with van der Waals surface area (Å²) in [5, 5.41) is 9.74. The molecule has 0 spiro atoms. The zero-order valence-corrected chi connectivity index (χ0v) is 13.6. The Balaban J connectivity index is 2.11.